The number of nitrogens with zero attached hydrogens (tertiary/aromatic N) is 4. The van der Waals surface area contributed by atoms with Gasteiger partial charge >= 0.3 is 5.97 Å². The summed E-state index contributed by atoms with van der Waals surface area (Å²) in [6.07, 6.45) is 5.43. The Labute approximate surface area is 190 Å². The zero-order chi connectivity index (χ0) is 22.2. The molecule has 0 spiro atoms. The van der Waals surface area contributed by atoms with E-state index in [9.17, 15) is 4.79 Å². The van der Waals surface area contributed by atoms with Crippen LogP contribution >= 0.6 is 15.9 Å². The third-order valence-corrected chi connectivity index (χ3v) is 5.78. The van der Waals surface area contributed by atoms with Crippen molar-refractivity contribution in [1.82, 2.24) is 19.4 Å². The van der Waals surface area contributed by atoms with Crippen molar-refractivity contribution in [3.63, 3.8) is 0 Å². The van der Waals surface area contributed by atoms with Gasteiger partial charge in [-0.15, -0.1) is 0 Å². The lowest BCUT2D eigenvalue weighted by molar-refractivity contribution is 0.0697. The maximum Gasteiger partial charge on any atom is 0.335 e. The first-order chi connectivity index (χ1) is 15.5. The summed E-state index contributed by atoms with van der Waals surface area (Å²) >= 11 is 3.48. The van der Waals surface area contributed by atoms with E-state index in [0.29, 0.717) is 21.8 Å². The average molecular weight is 490 g/mol. The Balaban J connectivity index is 1.54. The molecule has 0 aliphatic heterocycles. The molecule has 5 rings (SSSR count). The molecule has 3 heterocycles. The number of aromatic carboxylic acids is 1. The number of nitrogens with two attached hydrogens (primary N) is 1. The minimum atomic E-state index is -0.997. The van der Waals surface area contributed by atoms with Gasteiger partial charge in [0, 0.05) is 23.4 Å². The summed E-state index contributed by atoms with van der Waals surface area (Å²) in [5.74, 6) is 0.345. The van der Waals surface area contributed by atoms with Gasteiger partial charge in [0.1, 0.15) is 21.8 Å². The maximum absolute atomic E-state index is 11.1. The summed E-state index contributed by atoms with van der Waals surface area (Å²) in [6, 6.07) is 17.8. The highest BCUT2D eigenvalue weighted by molar-refractivity contribution is 9.10. The molecule has 32 heavy (non-hydrogen) atoms. The van der Waals surface area contributed by atoms with Crippen LogP contribution in [0.25, 0.3) is 22.3 Å². The number of hydrogen-bond acceptors (Lipinski definition) is 5. The second-order valence-electron chi connectivity index (χ2n) is 7.00. The topological polar surface area (TPSA) is 108 Å². The van der Waals surface area contributed by atoms with Crippen molar-refractivity contribution in [3.8, 4) is 28.3 Å². The van der Waals surface area contributed by atoms with Gasteiger partial charge < -0.3 is 15.6 Å². The standard InChI is InChI=1S/C23H16BrN5O3/c24-21-20(32-17-8-6-14(7-9-17)23(30)31)10-19-18(12-27-29(19)22(21)25)15-11-26-28(13-15)16-4-2-1-3-5-16/h1-13H,25H2,(H,30,31). The third kappa shape index (κ3) is 3.48. The fraction of sp³-hybridized carbons (Fsp3) is 0. The van der Waals surface area contributed by atoms with E-state index in [4.69, 9.17) is 15.6 Å². The van der Waals surface area contributed by atoms with E-state index in [2.05, 4.69) is 26.1 Å². The van der Waals surface area contributed by atoms with Crippen molar-refractivity contribution < 1.29 is 14.6 Å². The molecule has 3 N–H and O–H groups in total. The number of pyridine rings is 1. The minimum Gasteiger partial charge on any atom is -0.478 e. The molecule has 9 heteroatoms. The molecule has 0 aliphatic carbocycles. The maximum atomic E-state index is 11.1. The van der Waals surface area contributed by atoms with Gasteiger partial charge in [0.15, 0.2) is 0 Å². The number of fused-ring (bicyclic) bond motifs is 1. The lowest BCUT2D eigenvalue weighted by Crippen LogP contribution is -2.01. The van der Waals surface area contributed by atoms with Crippen LogP contribution < -0.4 is 10.5 Å². The quantitative estimate of drug-likeness (QED) is 0.358. The molecule has 158 valence electrons. The number of anilines is 1. The van der Waals surface area contributed by atoms with Gasteiger partial charge in [0.25, 0.3) is 0 Å². The Hall–Kier alpha value is -4.11. The van der Waals surface area contributed by atoms with Crippen LogP contribution in [0.3, 0.4) is 0 Å². The Kier molecular flexibility index (Phi) is 4.87. The van der Waals surface area contributed by atoms with Gasteiger partial charge in [-0.3, -0.25) is 0 Å². The van der Waals surface area contributed by atoms with E-state index in [1.54, 1.807) is 33.7 Å². The summed E-state index contributed by atoms with van der Waals surface area (Å²) in [5, 5.41) is 18.0. The smallest absolute Gasteiger partial charge is 0.335 e. The highest BCUT2D eigenvalue weighted by atomic mass is 79.9. The third-order valence-electron chi connectivity index (χ3n) is 4.99. The molecule has 0 bridgehead atoms. The van der Waals surface area contributed by atoms with Gasteiger partial charge in [-0.05, 0) is 52.3 Å². The summed E-state index contributed by atoms with van der Waals surface area (Å²) in [4.78, 5) is 11.1. The van der Waals surface area contributed by atoms with Crippen molar-refractivity contribution in [3.05, 3.63) is 89.3 Å². The lowest BCUT2D eigenvalue weighted by Gasteiger charge is -2.11. The van der Waals surface area contributed by atoms with Crippen LogP contribution in [0, 0.1) is 0 Å². The first-order valence-corrected chi connectivity index (χ1v) is 10.4. The van der Waals surface area contributed by atoms with Crippen LogP contribution in [0.5, 0.6) is 11.5 Å². The van der Waals surface area contributed by atoms with E-state index < -0.39 is 5.97 Å². The zero-order valence-electron chi connectivity index (χ0n) is 16.5. The van der Waals surface area contributed by atoms with E-state index in [1.807, 2.05) is 42.6 Å². The molecule has 0 saturated heterocycles. The normalized spacial score (nSPS) is 11.0. The van der Waals surface area contributed by atoms with Crippen LogP contribution in [0.15, 0.2) is 83.7 Å². The van der Waals surface area contributed by atoms with Crippen LogP contribution in [0.1, 0.15) is 10.4 Å². The molecular weight excluding hydrogens is 474 g/mol. The second-order valence-corrected chi connectivity index (χ2v) is 7.80. The van der Waals surface area contributed by atoms with Crippen molar-refractivity contribution in [1.29, 1.82) is 0 Å². The first-order valence-electron chi connectivity index (χ1n) is 9.58. The molecule has 0 amide bonds. The van der Waals surface area contributed by atoms with Crippen molar-refractivity contribution in [2.24, 2.45) is 0 Å². The number of carbonyl (C=O) groups is 1. The highest BCUT2D eigenvalue weighted by Crippen LogP contribution is 2.38. The number of hydrogen-bond donors (Lipinski definition) is 2. The number of ether oxygens (including phenoxy) is 1. The van der Waals surface area contributed by atoms with Crippen molar-refractivity contribution in [2.45, 2.75) is 0 Å². The number of aromatic nitrogens is 4. The minimum absolute atomic E-state index is 0.180. The molecule has 0 atom stereocenters. The fourth-order valence-electron chi connectivity index (χ4n) is 3.37. The summed E-state index contributed by atoms with van der Waals surface area (Å²) in [5.41, 5.74) is 9.90. The monoisotopic (exact) mass is 489 g/mol. The average Bonchev–Trinajstić information content (AvgIpc) is 3.45. The van der Waals surface area contributed by atoms with Gasteiger partial charge in [0.2, 0.25) is 0 Å². The molecule has 0 saturated carbocycles. The second kappa shape index (κ2) is 7.86. The molecular formula is C23H16BrN5O3. The predicted octanol–water partition coefficient (Wildman–Crippen LogP) is 5.02. The lowest BCUT2D eigenvalue weighted by atomic mass is 10.1. The molecule has 0 unspecified atom stereocenters. The van der Waals surface area contributed by atoms with Crippen LogP contribution in [-0.2, 0) is 0 Å². The summed E-state index contributed by atoms with van der Waals surface area (Å²) in [6.45, 7) is 0. The highest BCUT2D eigenvalue weighted by Gasteiger charge is 2.17. The van der Waals surface area contributed by atoms with E-state index in [-0.39, 0.29) is 5.56 Å². The number of halogens is 1. The van der Waals surface area contributed by atoms with Crippen LogP contribution in [0.4, 0.5) is 5.82 Å². The summed E-state index contributed by atoms with van der Waals surface area (Å²) < 4.78 is 9.95. The van der Waals surface area contributed by atoms with E-state index in [0.717, 1.165) is 22.3 Å². The Morgan fingerprint density at radius 3 is 2.50 bits per heavy atom. The molecule has 3 aromatic heterocycles. The van der Waals surface area contributed by atoms with Crippen molar-refractivity contribution in [2.75, 3.05) is 5.73 Å². The Morgan fingerprint density at radius 1 is 1.03 bits per heavy atom. The SMILES string of the molecule is Nc1c(Br)c(Oc2ccc(C(=O)O)cc2)cc2c(-c3cnn(-c4ccccc4)c3)cnn12. The van der Waals surface area contributed by atoms with Gasteiger partial charge in [-0.25, -0.2) is 14.0 Å². The molecule has 5 aromatic rings. The number of para-hydroxylation sites is 1. The zero-order valence-corrected chi connectivity index (χ0v) is 18.1. The fourth-order valence-corrected chi connectivity index (χ4v) is 3.73. The van der Waals surface area contributed by atoms with Gasteiger partial charge in [-0.2, -0.15) is 10.2 Å². The molecule has 0 radical (unpaired) electrons. The number of carboxylic acids is 1. The molecule has 0 aliphatic rings. The molecule has 8 nitrogen and oxygen atoms in total. The van der Waals surface area contributed by atoms with E-state index >= 15 is 0 Å². The predicted molar refractivity (Wildman–Crippen MR) is 123 cm³/mol. The van der Waals surface area contributed by atoms with Gasteiger partial charge in [0.05, 0.1) is 29.2 Å². The first kappa shape index (κ1) is 19.8. The number of benzene rings is 2. The Bertz CT molecular complexity index is 1440. The number of nitrogen functional groups attached to an aromatic ring is 1. The number of rotatable bonds is 5. The van der Waals surface area contributed by atoms with Crippen molar-refractivity contribution >= 4 is 33.2 Å². The molecule has 2 aromatic carbocycles. The Morgan fingerprint density at radius 2 is 1.78 bits per heavy atom. The largest absolute Gasteiger partial charge is 0.478 e. The molecule has 0 fully saturated rings. The van der Waals surface area contributed by atoms with Crippen LogP contribution in [0.2, 0.25) is 0 Å². The number of carboxylic acid groups (broad SMARTS) is 1. The summed E-state index contributed by atoms with van der Waals surface area (Å²) in [7, 11) is 0. The van der Waals surface area contributed by atoms with E-state index in [1.165, 1.54) is 12.1 Å². The van der Waals surface area contributed by atoms with Crippen LogP contribution in [-0.4, -0.2) is 30.5 Å². The van der Waals surface area contributed by atoms with Gasteiger partial charge in [-0.1, -0.05) is 18.2 Å².